The summed E-state index contributed by atoms with van der Waals surface area (Å²) in [5.41, 5.74) is 0. The Morgan fingerprint density at radius 2 is 0.966 bits per heavy atom. The third kappa shape index (κ3) is 5.64. The van der Waals surface area contributed by atoms with Gasteiger partial charge in [0.15, 0.2) is 0 Å². The van der Waals surface area contributed by atoms with Gasteiger partial charge in [-0.1, -0.05) is 72.8 Å². The zero-order valence-corrected chi connectivity index (χ0v) is 19.0. The average Bonchev–Trinajstić information content (AvgIpc) is 2.66. The van der Waals surface area contributed by atoms with Crippen molar-refractivity contribution in [2.45, 2.75) is 9.79 Å². The number of rotatable bonds is 2. The van der Waals surface area contributed by atoms with E-state index in [0.29, 0.717) is 10.8 Å². The number of benzene rings is 4. The van der Waals surface area contributed by atoms with E-state index in [0.717, 1.165) is 10.8 Å². The molecule has 4 aromatic rings. The molecule has 0 aliphatic carbocycles. The molecule has 0 fully saturated rings. The molecule has 0 amide bonds. The van der Waals surface area contributed by atoms with Gasteiger partial charge in [0.2, 0.25) is 0 Å². The van der Waals surface area contributed by atoms with E-state index in [2.05, 4.69) is 0 Å². The first-order chi connectivity index (χ1) is 13.2. The van der Waals surface area contributed by atoms with Crippen molar-refractivity contribution in [1.82, 2.24) is 0 Å². The molecule has 29 heavy (non-hydrogen) atoms. The van der Waals surface area contributed by atoms with Crippen molar-refractivity contribution in [3.05, 3.63) is 84.9 Å². The molecule has 1 N–H and O–H groups in total. The molecular weight excluding hydrogens is 423 g/mol. The molecule has 0 aromatic heterocycles. The molecule has 0 unspecified atom stereocenters. The molecular formula is C20H15NaO6S2. The van der Waals surface area contributed by atoms with Crippen LogP contribution in [0.15, 0.2) is 94.7 Å². The van der Waals surface area contributed by atoms with Gasteiger partial charge in [0.05, 0.1) is 4.90 Å². The number of hydrogen-bond donors (Lipinski definition) is 1. The molecule has 0 heterocycles. The molecule has 0 atom stereocenters. The van der Waals surface area contributed by atoms with Gasteiger partial charge in [-0.3, -0.25) is 4.55 Å². The van der Waals surface area contributed by atoms with Crippen LogP contribution < -0.4 is 29.6 Å². The van der Waals surface area contributed by atoms with Crippen LogP contribution in [0.4, 0.5) is 0 Å². The standard InChI is InChI=1S/2C10H8O3S.Na/c2*11-14(12,13)10-7-3-5-8-4-1-2-6-9(8)10;/h2*1-7H,(H,11,12,13);/q;;+1/p-1. The van der Waals surface area contributed by atoms with Crippen LogP contribution in [0.2, 0.25) is 0 Å². The molecule has 144 valence electrons. The number of fused-ring (bicyclic) bond motifs is 2. The molecule has 4 rings (SSSR count). The van der Waals surface area contributed by atoms with Crippen LogP contribution >= 0.6 is 0 Å². The first kappa shape index (κ1) is 23.5. The fraction of sp³-hybridized carbons (Fsp3) is 0. The third-order valence-electron chi connectivity index (χ3n) is 4.05. The molecule has 9 heteroatoms. The maximum absolute atomic E-state index is 11.0. The molecule has 4 aromatic carbocycles. The van der Waals surface area contributed by atoms with Gasteiger partial charge in [-0.25, -0.2) is 8.42 Å². The Morgan fingerprint density at radius 3 is 1.41 bits per heavy atom. The summed E-state index contributed by atoms with van der Waals surface area (Å²) in [6.45, 7) is 0. The van der Waals surface area contributed by atoms with Crippen molar-refractivity contribution in [2.24, 2.45) is 0 Å². The summed E-state index contributed by atoms with van der Waals surface area (Å²) in [6, 6.07) is 23.3. The summed E-state index contributed by atoms with van der Waals surface area (Å²) in [5, 5.41) is 2.56. The van der Waals surface area contributed by atoms with Crippen LogP contribution in [0.25, 0.3) is 21.5 Å². The predicted octanol–water partition coefficient (Wildman–Crippen LogP) is 0.834. The van der Waals surface area contributed by atoms with E-state index in [4.69, 9.17) is 4.55 Å². The smallest absolute Gasteiger partial charge is 0.744 e. The van der Waals surface area contributed by atoms with Gasteiger partial charge in [0, 0.05) is 5.39 Å². The van der Waals surface area contributed by atoms with E-state index < -0.39 is 20.2 Å². The van der Waals surface area contributed by atoms with Crippen molar-refractivity contribution >= 4 is 41.8 Å². The number of hydrogen-bond acceptors (Lipinski definition) is 5. The Bertz CT molecular complexity index is 1250. The van der Waals surface area contributed by atoms with Crippen molar-refractivity contribution in [1.29, 1.82) is 0 Å². The van der Waals surface area contributed by atoms with Crippen molar-refractivity contribution in [3.63, 3.8) is 0 Å². The van der Waals surface area contributed by atoms with Crippen molar-refractivity contribution in [3.8, 4) is 0 Å². The Balaban J connectivity index is 0.000000200. The maximum Gasteiger partial charge on any atom is 1.00 e. The summed E-state index contributed by atoms with van der Waals surface area (Å²) in [4.78, 5) is -0.203. The third-order valence-corrected chi connectivity index (χ3v) is 5.85. The second-order valence-corrected chi connectivity index (χ2v) is 8.62. The molecule has 0 saturated heterocycles. The molecule has 0 aliphatic heterocycles. The van der Waals surface area contributed by atoms with Crippen LogP contribution in [0, 0.1) is 0 Å². The minimum atomic E-state index is -4.38. The second kappa shape index (κ2) is 9.36. The summed E-state index contributed by atoms with van der Waals surface area (Å²) >= 11 is 0. The van der Waals surface area contributed by atoms with Crippen LogP contribution in [0.1, 0.15) is 0 Å². The van der Waals surface area contributed by atoms with Gasteiger partial charge >= 0.3 is 29.6 Å². The quantitative estimate of drug-likeness (QED) is 0.367. The normalized spacial score (nSPS) is 11.4. The summed E-state index contributed by atoms with van der Waals surface area (Å²) in [6.07, 6.45) is 0. The Kier molecular flexibility index (Phi) is 7.58. The molecule has 0 bridgehead atoms. The van der Waals surface area contributed by atoms with Gasteiger partial charge in [-0.2, -0.15) is 8.42 Å². The zero-order valence-electron chi connectivity index (χ0n) is 15.4. The molecule has 0 aliphatic rings. The topological polar surface area (TPSA) is 112 Å². The summed E-state index contributed by atoms with van der Waals surface area (Å²) in [5.74, 6) is 0. The fourth-order valence-corrected chi connectivity index (χ4v) is 4.25. The first-order valence-electron chi connectivity index (χ1n) is 8.07. The fourth-order valence-electron chi connectivity index (χ4n) is 2.83. The largest absolute Gasteiger partial charge is 1.00 e. The van der Waals surface area contributed by atoms with Crippen LogP contribution in [0.3, 0.4) is 0 Å². The van der Waals surface area contributed by atoms with E-state index >= 15 is 0 Å². The Morgan fingerprint density at radius 1 is 0.586 bits per heavy atom. The van der Waals surface area contributed by atoms with Crippen LogP contribution in [-0.2, 0) is 20.2 Å². The van der Waals surface area contributed by atoms with Crippen molar-refractivity contribution in [2.75, 3.05) is 0 Å². The van der Waals surface area contributed by atoms with Crippen LogP contribution in [0.5, 0.6) is 0 Å². The molecule has 0 spiro atoms. The van der Waals surface area contributed by atoms with E-state index in [-0.39, 0.29) is 39.3 Å². The van der Waals surface area contributed by atoms with E-state index in [1.807, 2.05) is 6.07 Å². The Hall–Kier alpha value is -1.78. The minimum Gasteiger partial charge on any atom is -0.744 e. The van der Waals surface area contributed by atoms with Crippen LogP contribution in [-0.4, -0.2) is 25.9 Å². The van der Waals surface area contributed by atoms with Gasteiger partial charge in [-0.15, -0.1) is 0 Å². The van der Waals surface area contributed by atoms with Crippen molar-refractivity contribution < 1.29 is 55.5 Å². The summed E-state index contributed by atoms with van der Waals surface area (Å²) in [7, 11) is -8.51. The van der Waals surface area contributed by atoms with Gasteiger partial charge in [-0.05, 0) is 28.3 Å². The molecule has 0 saturated carbocycles. The average molecular weight is 438 g/mol. The minimum absolute atomic E-state index is 0. The summed E-state index contributed by atoms with van der Waals surface area (Å²) < 4.78 is 63.6. The molecule has 6 nitrogen and oxygen atoms in total. The van der Waals surface area contributed by atoms with Gasteiger partial charge in [0.1, 0.15) is 15.0 Å². The van der Waals surface area contributed by atoms with E-state index in [9.17, 15) is 21.4 Å². The zero-order chi connectivity index (χ0) is 20.4. The SMILES string of the molecule is O=S(=O)(O)c1cccc2ccccc12.O=S(=O)([O-])c1cccc2ccccc12.[Na+]. The monoisotopic (exact) mass is 438 g/mol. The second-order valence-electron chi connectivity index (χ2n) is 5.88. The Labute approximate surface area is 191 Å². The van der Waals surface area contributed by atoms with Gasteiger partial charge in [0.25, 0.3) is 10.1 Å². The van der Waals surface area contributed by atoms with Gasteiger partial charge < -0.3 is 4.55 Å². The molecule has 0 radical (unpaired) electrons. The predicted molar refractivity (Wildman–Crippen MR) is 106 cm³/mol. The van der Waals surface area contributed by atoms with E-state index in [1.165, 1.54) is 12.1 Å². The first-order valence-corrected chi connectivity index (χ1v) is 10.9. The maximum atomic E-state index is 11.0. The van der Waals surface area contributed by atoms with E-state index in [1.54, 1.807) is 66.7 Å².